The van der Waals surface area contributed by atoms with Crippen molar-refractivity contribution in [3.63, 3.8) is 0 Å². The molecule has 0 heterocycles. The predicted octanol–water partition coefficient (Wildman–Crippen LogP) is 8.62. The Hall–Kier alpha value is 0.960. The maximum atomic E-state index is 12.5. The molecule has 28 heavy (non-hydrogen) atoms. The molecule has 0 saturated heterocycles. The molecule has 0 spiro atoms. The topological polar surface area (TPSA) is 68.3 Å². The number of carbonyl (C=O) groups excluding carboxylic acids is 4. The maximum absolute atomic E-state index is 12.5. The molecule has 0 aromatic heterocycles. The third kappa shape index (κ3) is 4.31. The lowest BCUT2D eigenvalue weighted by molar-refractivity contribution is 0.106. The lowest BCUT2D eigenvalue weighted by Gasteiger charge is -2.21. The molecule has 0 fully saturated rings. The van der Waals surface area contributed by atoms with E-state index < -0.39 is 9.39 Å². The van der Waals surface area contributed by atoms with Gasteiger partial charge in [0.25, 0.3) is 0 Å². The van der Waals surface area contributed by atoms with Crippen LogP contribution < -0.4 is 0 Å². The van der Waals surface area contributed by atoms with Gasteiger partial charge in [-0.1, -0.05) is 0 Å². The summed E-state index contributed by atoms with van der Waals surface area (Å²) < 4.78 is 1.28. The van der Waals surface area contributed by atoms with E-state index in [1.165, 1.54) is 0 Å². The minimum Gasteiger partial charge on any atom is -0.298 e. The van der Waals surface area contributed by atoms with Crippen molar-refractivity contribution < 1.29 is 19.2 Å². The van der Waals surface area contributed by atoms with Crippen LogP contribution >= 0.6 is 127 Å². The highest BCUT2D eigenvalue weighted by Gasteiger charge is 2.31. The molecular formula is C16H2Br8O4. The van der Waals surface area contributed by atoms with E-state index in [1.54, 1.807) is 0 Å². The third-order valence-electron chi connectivity index (χ3n) is 3.60. The van der Waals surface area contributed by atoms with Gasteiger partial charge in [-0.2, -0.15) is 0 Å². The molecule has 2 aromatic rings. The second-order valence-corrected chi connectivity index (χ2v) is 11.2. The van der Waals surface area contributed by atoms with Gasteiger partial charge in [-0.25, -0.2) is 0 Å². The Morgan fingerprint density at radius 2 is 0.964 bits per heavy atom. The number of halogens is 8. The van der Waals surface area contributed by atoms with Crippen LogP contribution in [0.3, 0.4) is 0 Å². The van der Waals surface area contributed by atoms with E-state index in [9.17, 15) is 19.2 Å². The van der Waals surface area contributed by atoms with Crippen molar-refractivity contribution in [2.45, 2.75) is 0 Å². The summed E-state index contributed by atoms with van der Waals surface area (Å²) in [6, 6.07) is 0. The predicted molar refractivity (Wildman–Crippen MR) is 135 cm³/mol. The van der Waals surface area contributed by atoms with E-state index >= 15 is 0 Å². The summed E-state index contributed by atoms with van der Waals surface area (Å²) in [5.74, 6) is 0. The Morgan fingerprint density at radius 1 is 0.536 bits per heavy atom. The normalized spacial score (nSPS) is 10.7. The Kier molecular flexibility index (Phi) is 9.06. The van der Waals surface area contributed by atoms with Crippen LogP contribution in [0.2, 0.25) is 0 Å². The molecule has 0 amide bonds. The van der Waals surface area contributed by atoms with Gasteiger partial charge in [0, 0.05) is 49.1 Å². The monoisotopic (exact) mass is 889 g/mol. The SMILES string of the molecule is O=Cc1c(Br)c(Br)c(Br)c(-c2c(Br)c(Br)c(Br)c(C(=O)Br)c2C(=O)Br)c1C=O. The van der Waals surface area contributed by atoms with Crippen LogP contribution in [0.4, 0.5) is 0 Å². The first-order chi connectivity index (χ1) is 13.0. The molecule has 0 N–H and O–H groups in total. The van der Waals surface area contributed by atoms with E-state index in [0.29, 0.717) is 39.4 Å². The first-order valence-corrected chi connectivity index (χ1v) is 13.1. The summed E-state index contributed by atoms with van der Waals surface area (Å²) in [4.78, 5) is 48.3. The Balaban J connectivity index is 3.30. The Labute approximate surface area is 226 Å². The summed E-state index contributed by atoms with van der Waals surface area (Å²) in [7, 11) is 0. The van der Waals surface area contributed by atoms with Crippen molar-refractivity contribution in [2.75, 3.05) is 0 Å². The summed E-state index contributed by atoms with van der Waals surface area (Å²) in [5, 5.41) is 0. The Morgan fingerprint density at radius 3 is 1.39 bits per heavy atom. The third-order valence-corrected chi connectivity index (χ3v) is 11.3. The molecular weight excluding hydrogens is 895 g/mol. The van der Waals surface area contributed by atoms with Gasteiger partial charge in [0.1, 0.15) is 0 Å². The number of aldehydes is 2. The lowest BCUT2D eigenvalue weighted by Crippen LogP contribution is -2.09. The first kappa shape index (κ1) is 25.2. The van der Waals surface area contributed by atoms with Crippen molar-refractivity contribution >= 4 is 149 Å². The molecule has 0 radical (unpaired) electrons. The minimum atomic E-state index is -0.588. The van der Waals surface area contributed by atoms with Crippen LogP contribution in [0.25, 0.3) is 11.1 Å². The van der Waals surface area contributed by atoms with Crippen molar-refractivity contribution in [3.05, 3.63) is 49.1 Å². The molecule has 4 nitrogen and oxygen atoms in total. The number of carbonyl (C=O) groups is 4. The first-order valence-electron chi connectivity index (χ1n) is 6.72. The van der Waals surface area contributed by atoms with Gasteiger partial charge < -0.3 is 0 Å². The molecule has 12 heteroatoms. The number of benzene rings is 2. The molecule has 146 valence electrons. The van der Waals surface area contributed by atoms with E-state index in [2.05, 4.69) is 127 Å². The van der Waals surface area contributed by atoms with E-state index in [-0.39, 0.29) is 33.4 Å². The fourth-order valence-corrected chi connectivity index (χ4v) is 7.14. The van der Waals surface area contributed by atoms with E-state index in [4.69, 9.17) is 0 Å². The van der Waals surface area contributed by atoms with Gasteiger partial charge in [-0.15, -0.1) is 0 Å². The second kappa shape index (κ2) is 10.1. The average Bonchev–Trinajstić information content (AvgIpc) is 2.63. The lowest BCUT2D eigenvalue weighted by atomic mass is 9.91. The molecule has 0 saturated carbocycles. The molecule has 0 unspecified atom stereocenters. The maximum Gasteiger partial charge on any atom is 0.229 e. The zero-order chi connectivity index (χ0) is 21.5. The van der Waals surface area contributed by atoms with Gasteiger partial charge in [-0.3, -0.25) is 19.2 Å². The van der Waals surface area contributed by atoms with Gasteiger partial charge in [0.05, 0.1) is 11.1 Å². The highest BCUT2D eigenvalue weighted by atomic mass is 79.9. The van der Waals surface area contributed by atoms with E-state index in [0.717, 1.165) is 0 Å². The van der Waals surface area contributed by atoms with Crippen LogP contribution in [-0.2, 0) is 0 Å². The molecule has 2 rings (SSSR count). The number of rotatable bonds is 5. The van der Waals surface area contributed by atoms with Gasteiger partial charge in [-0.05, 0) is 127 Å². The fourth-order valence-electron chi connectivity index (χ4n) is 2.45. The molecule has 2 aromatic carbocycles. The molecule has 0 aliphatic heterocycles. The molecule has 0 aliphatic carbocycles. The summed E-state index contributed by atoms with van der Waals surface area (Å²) in [6.45, 7) is 0. The highest BCUT2D eigenvalue weighted by molar-refractivity contribution is 9.19. The van der Waals surface area contributed by atoms with Crippen molar-refractivity contribution in [1.29, 1.82) is 0 Å². The summed E-state index contributed by atoms with van der Waals surface area (Å²) >= 11 is 26.0. The largest absolute Gasteiger partial charge is 0.298 e. The Bertz CT molecular complexity index is 1080. The summed E-state index contributed by atoms with van der Waals surface area (Å²) in [6.07, 6.45) is 1.05. The average molecular weight is 897 g/mol. The van der Waals surface area contributed by atoms with Crippen LogP contribution in [0.15, 0.2) is 26.8 Å². The number of hydrogen-bond acceptors (Lipinski definition) is 4. The smallest absolute Gasteiger partial charge is 0.229 e. The molecule has 0 aliphatic rings. The number of hydrogen-bond donors (Lipinski definition) is 0. The van der Waals surface area contributed by atoms with Crippen molar-refractivity contribution in [3.8, 4) is 11.1 Å². The van der Waals surface area contributed by atoms with Crippen LogP contribution in [-0.4, -0.2) is 22.0 Å². The van der Waals surface area contributed by atoms with Crippen molar-refractivity contribution in [1.82, 2.24) is 0 Å². The van der Waals surface area contributed by atoms with Gasteiger partial charge >= 0.3 is 0 Å². The van der Waals surface area contributed by atoms with Crippen LogP contribution in [0.5, 0.6) is 0 Å². The molecule has 0 bridgehead atoms. The quantitative estimate of drug-likeness (QED) is 0.171. The summed E-state index contributed by atoms with van der Waals surface area (Å²) in [5.41, 5.74) is 0.664. The highest BCUT2D eigenvalue weighted by Crippen LogP contribution is 2.51. The van der Waals surface area contributed by atoms with Crippen molar-refractivity contribution in [2.24, 2.45) is 0 Å². The minimum absolute atomic E-state index is 0.00121. The zero-order valence-corrected chi connectivity index (χ0v) is 25.5. The standard InChI is InChI=1S/C16H2Br8O4/c17-9-4(2-26)3(1-25)5(10(18)13(9)21)6-7(15(23)27)8(16(24)28)12(20)14(22)11(6)19/h1-2H. The van der Waals surface area contributed by atoms with E-state index in [1.807, 2.05) is 0 Å². The second-order valence-electron chi connectivity index (χ2n) is 4.99. The fraction of sp³-hybridized carbons (Fsp3) is 0. The molecule has 0 atom stereocenters. The van der Waals surface area contributed by atoms with Crippen LogP contribution in [0, 0.1) is 0 Å². The van der Waals surface area contributed by atoms with Crippen LogP contribution in [0.1, 0.15) is 41.4 Å². The van der Waals surface area contributed by atoms with Gasteiger partial charge in [0.15, 0.2) is 12.6 Å². The zero-order valence-electron chi connectivity index (χ0n) is 12.8. The van der Waals surface area contributed by atoms with Gasteiger partial charge in [0.2, 0.25) is 9.39 Å².